The van der Waals surface area contributed by atoms with Gasteiger partial charge in [-0.3, -0.25) is 9.59 Å². The number of rotatable bonds is 11. The third-order valence-electron chi connectivity index (χ3n) is 6.60. The summed E-state index contributed by atoms with van der Waals surface area (Å²) in [4.78, 5) is 29.7. The third-order valence-corrected chi connectivity index (χ3v) is 7.35. The summed E-state index contributed by atoms with van der Waals surface area (Å²) < 4.78 is 11.1. The molecule has 0 radical (unpaired) electrons. The largest absolute Gasteiger partial charge is 0.493 e. The van der Waals surface area contributed by atoms with Crippen LogP contribution >= 0.6 is 11.3 Å². The maximum Gasteiger partial charge on any atom is 0.271 e. The molecule has 0 aliphatic carbocycles. The van der Waals surface area contributed by atoms with Crippen LogP contribution in [-0.2, 0) is 4.79 Å². The standard InChI is InChI=1S/C34H31N5O4S/c1-22-8-15-27(16-9-22)36-34-38-29(21-44-34)25-11-13-26(14-12-25)33(41)39-35-19-24-10-17-30(31(18-24)42-3)43-20-32(40)37-28-7-5-4-6-23(28)2/h4-19,21H,20H2,1-3H3,(H,36,38)(H,37,40)(H,39,41)/b35-19+. The van der Waals surface area contributed by atoms with Gasteiger partial charge in [0.05, 0.1) is 19.0 Å². The minimum Gasteiger partial charge on any atom is -0.493 e. The van der Waals surface area contributed by atoms with Crippen LogP contribution in [0.15, 0.2) is 101 Å². The van der Waals surface area contributed by atoms with Crippen molar-refractivity contribution >= 4 is 45.9 Å². The van der Waals surface area contributed by atoms with E-state index < -0.39 is 0 Å². The summed E-state index contributed by atoms with van der Waals surface area (Å²) in [7, 11) is 1.51. The summed E-state index contributed by atoms with van der Waals surface area (Å²) in [6.07, 6.45) is 1.50. The van der Waals surface area contributed by atoms with Gasteiger partial charge in [0.15, 0.2) is 23.2 Å². The van der Waals surface area contributed by atoms with E-state index in [2.05, 4.69) is 26.1 Å². The SMILES string of the molecule is COc1cc(/C=N/NC(=O)c2ccc(-c3csc(Nc4ccc(C)cc4)n3)cc2)ccc1OCC(=O)Nc1ccccc1C. The maximum atomic E-state index is 12.7. The maximum absolute atomic E-state index is 12.7. The molecule has 0 aliphatic rings. The third kappa shape index (κ3) is 7.87. The zero-order valence-electron chi connectivity index (χ0n) is 24.5. The Morgan fingerprint density at radius 3 is 2.45 bits per heavy atom. The average Bonchev–Trinajstić information content (AvgIpc) is 3.51. The highest BCUT2D eigenvalue weighted by atomic mass is 32.1. The van der Waals surface area contributed by atoms with Gasteiger partial charge in [0.25, 0.3) is 11.8 Å². The Kier molecular flexibility index (Phi) is 9.63. The highest BCUT2D eigenvalue weighted by Gasteiger charge is 2.11. The molecule has 222 valence electrons. The predicted octanol–water partition coefficient (Wildman–Crippen LogP) is 6.96. The van der Waals surface area contributed by atoms with Crippen molar-refractivity contribution in [2.45, 2.75) is 13.8 Å². The van der Waals surface area contributed by atoms with Crippen LogP contribution in [0.3, 0.4) is 0 Å². The minimum absolute atomic E-state index is 0.180. The van der Waals surface area contributed by atoms with Gasteiger partial charge in [0.2, 0.25) is 0 Å². The smallest absolute Gasteiger partial charge is 0.271 e. The highest BCUT2D eigenvalue weighted by Crippen LogP contribution is 2.29. The van der Waals surface area contributed by atoms with Crippen molar-refractivity contribution < 1.29 is 19.1 Å². The second-order valence-electron chi connectivity index (χ2n) is 9.87. The fourth-order valence-electron chi connectivity index (χ4n) is 4.17. The van der Waals surface area contributed by atoms with Crippen LogP contribution < -0.4 is 25.5 Å². The van der Waals surface area contributed by atoms with Crippen LogP contribution in [0.5, 0.6) is 11.5 Å². The molecular formula is C34H31N5O4S. The molecule has 0 bridgehead atoms. The summed E-state index contributed by atoms with van der Waals surface area (Å²) >= 11 is 1.52. The van der Waals surface area contributed by atoms with E-state index in [0.717, 1.165) is 33.3 Å². The normalized spacial score (nSPS) is 10.8. The van der Waals surface area contributed by atoms with Crippen molar-refractivity contribution in [3.05, 3.63) is 119 Å². The first-order valence-electron chi connectivity index (χ1n) is 13.8. The van der Waals surface area contributed by atoms with Gasteiger partial charge in [-0.1, -0.05) is 48.0 Å². The molecule has 1 heterocycles. The molecule has 10 heteroatoms. The molecule has 4 aromatic carbocycles. The average molecular weight is 606 g/mol. The molecule has 2 amide bonds. The number of hydrazone groups is 1. The first-order valence-corrected chi connectivity index (χ1v) is 14.7. The van der Waals surface area contributed by atoms with E-state index in [1.165, 1.54) is 30.2 Å². The number of benzene rings is 4. The van der Waals surface area contributed by atoms with Gasteiger partial charge in [0.1, 0.15) is 0 Å². The Morgan fingerprint density at radius 1 is 0.932 bits per heavy atom. The lowest BCUT2D eigenvalue weighted by molar-refractivity contribution is -0.118. The number of amides is 2. The second kappa shape index (κ2) is 14.1. The van der Waals surface area contributed by atoms with E-state index in [1.54, 1.807) is 30.3 Å². The summed E-state index contributed by atoms with van der Waals surface area (Å²) in [5.74, 6) is 0.208. The van der Waals surface area contributed by atoms with E-state index in [1.807, 2.05) is 79.9 Å². The molecule has 0 fully saturated rings. The van der Waals surface area contributed by atoms with Gasteiger partial charge in [-0.05, 0) is 73.5 Å². The Hall–Kier alpha value is -5.48. The number of aryl methyl sites for hydroxylation is 2. The fraction of sp³-hybridized carbons (Fsp3) is 0.118. The molecule has 0 saturated heterocycles. The fourth-order valence-corrected chi connectivity index (χ4v) is 4.91. The number of carbonyl (C=O) groups is 2. The van der Waals surface area contributed by atoms with E-state index in [0.29, 0.717) is 22.6 Å². The first kappa shape index (κ1) is 30.0. The molecule has 0 saturated carbocycles. The number of hydrogen-bond acceptors (Lipinski definition) is 8. The van der Waals surface area contributed by atoms with Crippen molar-refractivity contribution in [3.8, 4) is 22.8 Å². The molecule has 0 spiro atoms. The number of aromatic nitrogens is 1. The number of methoxy groups -OCH3 is 1. The Balaban J connectivity index is 1.13. The van der Waals surface area contributed by atoms with Crippen molar-refractivity contribution in [2.24, 2.45) is 5.10 Å². The zero-order valence-corrected chi connectivity index (χ0v) is 25.3. The lowest BCUT2D eigenvalue weighted by atomic mass is 10.1. The monoisotopic (exact) mass is 605 g/mol. The highest BCUT2D eigenvalue weighted by molar-refractivity contribution is 7.14. The minimum atomic E-state index is -0.348. The number of anilines is 3. The van der Waals surface area contributed by atoms with Gasteiger partial charge in [0, 0.05) is 27.9 Å². The number of hydrogen-bond donors (Lipinski definition) is 3. The van der Waals surface area contributed by atoms with Crippen molar-refractivity contribution in [1.29, 1.82) is 0 Å². The van der Waals surface area contributed by atoms with Crippen molar-refractivity contribution in [1.82, 2.24) is 10.4 Å². The predicted molar refractivity (Wildman–Crippen MR) is 175 cm³/mol. The van der Waals surface area contributed by atoms with E-state index in [-0.39, 0.29) is 18.4 Å². The van der Waals surface area contributed by atoms with Crippen LogP contribution in [-0.4, -0.2) is 36.7 Å². The van der Waals surface area contributed by atoms with Crippen molar-refractivity contribution in [2.75, 3.05) is 24.4 Å². The summed E-state index contributed by atoms with van der Waals surface area (Å²) in [5, 5.41) is 13.0. The van der Waals surface area contributed by atoms with Crippen LogP contribution in [0.1, 0.15) is 27.0 Å². The Labute approximate surface area is 259 Å². The number of carbonyl (C=O) groups excluding carboxylic acids is 2. The van der Waals surface area contributed by atoms with Gasteiger partial charge < -0.3 is 20.1 Å². The van der Waals surface area contributed by atoms with E-state index >= 15 is 0 Å². The van der Waals surface area contributed by atoms with Gasteiger partial charge in [-0.2, -0.15) is 5.10 Å². The molecule has 5 rings (SSSR count). The lowest BCUT2D eigenvalue weighted by Gasteiger charge is -2.12. The number of thiazole rings is 1. The molecule has 1 aromatic heterocycles. The number of para-hydroxylation sites is 1. The zero-order chi connectivity index (χ0) is 30.9. The quantitative estimate of drug-likeness (QED) is 0.111. The first-order chi connectivity index (χ1) is 21.4. The lowest BCUT2D eigenvalue weighted by Crippen LogP contribution is -2.20. The molecule has 0 atom stereocenters. The summed E-state index contributed by atoms with van der Waals surface area (Å²) in [5.41, 5.74) is 9.28. The Bertz CT molecular complexity index is 1780. The topological polar surface area (TPSA) is 114 Å². The summed E-state index contributed by atoms with van der Waals surface area (Å²) in [6.45, 7) is 3.79. The Morgan fingerprint density at radius 2 is 1.70 bits per heavy atom. The van der Waals surface area contributed by atoms with Crippen LogP contribution in [0.4, 0.5) is 16.5 Å². The molecular weight excluding hydrogens is 574 g/mol. The van der Waals surface area contributed by atoms with Gasteiger partial charge in [-0.15, -0.1) is 11.3 Å². The number of nitrogens with zero attached hydrogens (tertiary/aromatic N) is 2. The van der Waals surface area contributed by atoms with E-state index in [4.69, 9.17) is 9.47 Å². The van der Waals surface area contributed by atoms with Crippen LogP contribution in [0, 0.1) is 13.8 Å². The van der Waals surface area contributed by atoms with Crippen LogP contribution in [0.2, 0.25) is 0 Å². The van der Waals surface area contributed by atoms with Gasteiger partial charge in [-0.25, -0.2) is 10.4 Å². The summed E-state index contributed by atoms with van der Waals surface area (Å²) in [6, 6.07) is 28.0. The van der Waals surface area contributed by atoms with Crippen molar-refractivity contribution in [3.63, 3.8) is 0 Å². The van der Waals surface area contributed by atoms with Crippen LogP contribution in [0.25, 0.3) is 11.3 Å². The molecule has 5 aromatic rings. The van der Waals surface area contributed by atoms with Gasteiger partial charge >= 0.3 is 0 Å². The second-order valence-corrected chi connectivity index (χ2v) is 10.7. The molecule has 3 N–H and O–H groups in total. The number of ether oxygens (including phenoxy) is 2. The van der Waals surface area contributed by atoms with E-state index in [9.17, 15) is 9.59 Å². The number of nitrogens with one attached hydrogen (secondary N) is 3. The molecule has 0 unspecified atom stereocenters. The molecule has 9 nitrogen and oxygen atoms in total. The molecule has 0 aliphatic heterocycles. The molecule has 44 heavy (non-hydrogen) atoms.